The molecular weight excluding hydrogens is 414 g/mol. The zero-order valence-corrected chi connectivity index (χ0v) is 20.4. The number of methoxy groups -OCH3 is 2. The van der Waals surface area contributed by atoms with Gasteiger partial charge in [0.05, 0.1) is 25.7 Å². The number of hydrogen-bond donors (Lipinski definition) is 1. The Bertz CT molecular complexity index is 728. The van der Waals surface area contributed by atoms with Crippen LogP contribution in [0.3, 0.4) is 0 Å². The highest BCUT2D eigenvalue weighted by Gasteiger charge is 2.72. The maximum atomic E-state index is 12.7. The number of nitrogens with one attached hydrogen (secondary N) is 1. The lowest BCUT2D eigenvalue weighted by Gasteiger charge is -2.42. The first-order valence-corrected chi connectivity index (χ1v) is 11.6. The molecule has 0 aromatic carbocycles. The van der Waals surface area contributed by atoms with Gasteiger partial charge in [-0.25, -0.2) is 9.59 Å². The summed E-state index contributed by atoms with van der Waals surface area (Å²) in [5.41, 5.74) is 0.581. The van der Waals surface area contributed by atoms with Gasteiger partial charge in [0.15, 0.2) is 0 Å². The Morgan fingerprint density at radius 3 is 2.47 bits per heavy atom. The predicted molar refractivity (Wildman–Crippen MR) is 118 cm³/mol. The lowest BCUT2D eigenvalue weighted by atomic mass is 9.68. The van der Waals surface area contributed by atoms with Crippen LogP contribution in [0.5, 0.6) is 0 Å². The van der Waals surface area contributed by atoms with Crippen LogP contribution in [0.1, 0.15) is 60.3 Å². The molecule has 0 aromatic heterocycles. The van der Waals surface area contributed by atoms with Crippen LogP contribution in [-0.4, -0.2) is 68.4 Å². The molecule has 3 fully saturated rings. The van der Waals surface area contributed by atoms with Crippen molar-refractivity contribution in [2.45, 2.75) is 95.9 Å². The summed E-state index contributed by atoms with van der Waals surface area (Å²) in [6, 6.07) is -0.747. The Kier molecular flexibility index (Phi) is 7.57. The predicted octanol–water partition coefficient (Wildman–Crippen LogP) is 3.38. The summed E-state index contributed by atoms with van der Waals surface area (Å²) in [4.78, 5) is 24.8. The summed E-state index contributed by atoms with van der Waals surface area (Å²) >= 11 is 0. The second-order valence-corrected chi connectivity index (χ2v) is 10.2. The molecule has 3 rings (SSSR count). The molecule has 1 amide bonds. The molecule has 2 heterocycles. The molecule has 1 unspecified atom stereocenters. The highest BCUT2D eigenvalue weighted by atomic mass is 16.6. The maximum absolute atomic E-state index is 12.7. The molecule has 0 aromatic rings. The minimum atomic E-state index is -0.747. The summed E-state index contributed by atoms with van der Waals surface area (Å²) < 4.78 is 28.7. The van der Waals surface area contributed by atoms with Crippen molar-refractivity contribution in [1.82, 2.24) is 5.32 Å². The molecule has 3 aliphatic rings. The van der Waals surface area contributed by atoms with Gasteiger partial charge in [-0.2, -0.15) is 0 Å². The lowest BCUT2D eigenvalue weighted by Crippen LogP contribution is -2.56. The molecule has 1 aliphatic carbocycles. The van der Waals surface area contributed by atoms with Crippen molar-refractivity contribution in [1.29, 1.82) is 0 Å². The maximum Gasteiger partial charge on any atom is 0.408 e. The van der Waals surface area contributed by atoms with E-state index in [1.165, 1.54) is 12.7 Å². The number of allylic oxidation sites excluding steroid dienone is 1. The van der Waals surface area contributed by atoms with Crippen molar-refractivity contribution in [3.05, 3.63) is 11.6 Å². The minimum Gasteiger partial charge on any atom is -0.467 e. The van der Waals surface area contributed by atoms with Gasteiger partial charge in [0.2, 0.25) is 0 Å². The van der Waals surface area contributed by atoms with Crippen LogP contribution in [0.25, 0.3) is 0 Å². The summed E-state index contributed by atoms with van der Waals surface area (Å²) in [6.07, 6.45) is 3.53. The smallest absolute Gasteiger partial charge is 0.408 e. The van der Waals surface area contributed by atoms with Gasteiger partial charge in [-0.3, -0.25) is 0 Å². The van der Waals surface area contributed by atoms with E-state index in [1.807, 2.05) is 13.8 Å². The fraction of sp³-hybridized carbons (Fsp3) is 0.833. The average Bonchev–Trinajstić information content (AvgIpc) is 3.63. The topological polar surface area (TPSA) is 98.9 Å². The molecular formula is C24H39NO7. The Balaban J connectivity index is 1.69. The zero-order valence-electron chi connectivity index (χ0n) is 20.4. The SMILES string of the molecule is COC(=O)[C@@H](CC(C)C)NC(=O)O[C@@H]1CC[C@]2(CO2)[C@@H]([C@@]2(C)O[C@@H]2CC=C(C)C)C1OC. The number of epoxide rings is 2. The summed E-state index contributed by atoms with van der Waals surface area (Å²) in [7, 11) is 2.95. The summed E-state index contributed by atoms with van der Waals surface area (Å²) in [6.45, 7) is 10.9. The number of carbonyl (C=O) groups excluding carboxylic acids is 2. The van der Waals surface area contributed by atoms with E-state index in [0.717, 1.165) is 12.8 Å². The van der Waals surface area contributed by atoms with Gasteiger partial charge in [-0.15, -0.1) is 0 Å². The van der Waals surface area contributed by atoms with Crippen molar-refractivity contribution in [3.63, 3.8) is 0 Å². The van der Waals surface area contributed by atoms with Gasteiger partial charge in [0.1, 0.15) is 29.5 Å². The van der Waals surface area contributed by atoms with Crippen LogP contribution in [0.4, 0.5) is 4.79 Å². The summed E-state index contributed by atoms with van der Waals surface area (Å²) in [5, 5.41) is 2.68. The van der Waals surface area contributed by atoms with E-state index in [0.29, 0.717) is 19.4 Å². The standard InChI is InChI=1S/C24H39NO7/c1-14(2)8-9-18-23(5,32-18)20-19(28-6)17(10-11-24(20)13-30-24)31-22(27)25-16(12-15(3)4)21(26)29-7/h8,15-20H,9-13H2,1-7H3,(H,25,27)/t16-,17-,18-,19?,20-,23+,24+/m1/s1. The van der Waals surface area contributed by atoms with Crippen molar-refractivity contribution < 1.29 is 33.3 Å². The molecule has 0 bridgehead atoms. The number of rotatable bonds is 9. The van der Waals surface area contributed by atoms with E-state index < -0.39 is 29.8 Å². The van der Waals surface area contributed by atoms with Crippen LogP contribution in [0.15, 0.2) is 11.6 Å². The Morgan fingerprint density at radius 2 is 1.94 bits per heavy atom. The second-order valence-electron chi connectivity index (χ2n) is 10.2. The first kappa shape index (κ1) is 25.0. The molecule has 1 spiro atoms. The average molecular weight is 454 g/mol. The third kappa shape index (κ3) is 5.29. The number of carbonyl (C=O) groups is 2. The second kappa shape index (κ2) is 9.69. The van der Waals surface area contributed by atoms with E-state index in [4.69, 9.17) is 23.7 Å². The van der Waals surface area contributed by atoms with Gasteiger partial charge in [-0.1, -0.05) is 25.5 Å². The quantitative estimate of drug-likeness (QED) is 0.325. The zero-order chi connectivity index (χ0) is 23.7. The van der Waals surface area contributed by atoms with Gasteiger partial charge >= 0.3 is 12.1 Å². The van der Waals surface area contributed by atoms with Crippen LogP contribution in [0, 0.1) is 11.8 Å². The number of amides is 1. The van der Waals surface area contributed by atoms with Crippen LogP contribution >= 0.6 is 0 Å². The monoisotopic (exact) mass is 453 g/mol. The van der Waals surface area contributed by atoms with E-state index >= 15 is 0 Å². The number of alkyl carbamates (subject to hydrolysis) is 1. The van der Waals surface area contributed by atoms with Gasteiger partial charge in [-0.05, 0) is 52.4 Å². The highest BCUT2D eigenvalue weighted by Crippen LogP contribution is 2.59. The van der Waals surface area contributed by atoms with Crippen LogP contribution in [-0.2, 0) is 28.5 Å². The Hall–Kier alpha value is -1.64. The van der Waals surface area contributed by atoms with Crippen molar-refractivity contribution >= 4 is 12.1 Å². The van der Waals surface area contributed by atoms with Gasteiger partial charge in [0, 0.05) is 7.11 Å². The highest BCUT2D eigenvalue weighted by molar-refractivity contribution is 5.81. The molecule has 0 radical (unpaired) electrons. The molecule has 2 saturated heterocycles. The fourth-order valence-electron chi connectivity index (χ4n) is 5.21. The van der Waals surface area contributed by atoms with Crippen LogP contribution < -0.4 is 5.32 Å². The van der Waals surface area contributed by atoms with Crippen molar-refractivity contribution in [3.8, 4) is 0 Å². The molecule has 182 valence electrons. The largest absolute Gasteiger partial charge is 0.467 e. The molecule has 8 nitrogen and oxygen atoms in total. The third-order valence-corrected chi connectivity index (χ3v) is 6.98. The lowest BCUT2D eigenvalue weighted by molar-refractivity contribution is -0.143. The van der Waals surface area contributed by atoms with Crippen molar-refractivity contribution in [2.24, 2.45) is 11.8 Å². The van der Waals surface area contributed by atoms with Gasteiger partial charge in [0.25, 0.3) is 0 Å². The summed E-state index contributed by atoms with van der Waals surface area (Å²) in [5.74, 6) is -0.317. The number of ether oxygens (including phenoxy) is 5. The molecule has 2 aliphatic heterocycles. The normalized spacial score (nSPS) is 36.4. The van der Waals surface area contributed by atoms with Gasteiger partial charge < -0.3 is 29.0 Å². The number of hydrogen-bond acceptors (Lipinski definition) is 7. The minimum absolute atomic E-state index is 0.0471. The fourth-order valence-corrected chi connectivity index (χ4v) is 5.21. The molecule has 8 heteroatoms. The Labute approximate surface area is 191 Å². The van der Waals surface area contributed by atoms with E-state index in [1.54, 1.807) is 7.11 Å². The molecule has 1 saturated carbocycles. The van der Waals surface area contributed by atoms with E-state index in [2.05, 4.69) is 32.2 Å². The first-order valence-electron chi connectivity index (χ1n) is 11.6. The first-order chi connectivity index (χ1) is 15.1. The van der Waals surface area contributed by atoms with Crippen molar-refractivity contribution in [2.75, 3.05) is 20.8 Å². The molecule has 7 atom stereocenters. The van der Waals surface area contributed by atoms with Crippen LogP contribution in [0.2, 0.25) is 0 Å². The number of esters is 1. The molecule has 32 heavy (non-hydrogen) atoms. The third-order valence-electron chi connectivity index (χ3n) is 6.98. The van der Waals surface area contributed by atoms with E-state index in [9.17, 15) is 9.59 Å². The Morgan fingerprint density at radius 1 is 1.25 bits per heavy atom. The van der Waals surface area contributed by atoms with E-state index in [-0.39, 0.29) is 29.6 Å². The molecule has 1 N–H and O–H groups in total.